The molecule has 0 saturated carbocycles. The van der Waals surface area contributed by atoms with Crippen LogP contribution in [0.3, 0.4) is 0 Å². The molecule has 2 unspecified atom stereocenters. The summed E-state index contributed by atoms with van der Waals surface area (Å²) in [5.74, 6) is 1.69. The summed E-state index contributed by atoms with van der Waals surface area (Å²) >= 11 is 0. The molecule has 1 aliphatic rings. The molecule has 1 aliphatic heterocycles. The number of hydrogen-bond donors (Lipinski definition) is 1. The van der Waals surface area contributed by atoms with Gasteiger partial charge in [0.25, 0.3) is 0 Å². The predicted molar refractivity (Wildman–Crippen MR) is 84.5 cm³/mol. The average molecular weight is 307 g/mol. The number of hydrogen-bond acceptors (Lipinski definition) is 5. The van der Waals surface area contributed by atoms with Crippen molar-refractivity contribution in [2.75, 3.05) is 34.0 Å². The van der Waals surface area contributed by atoms with Crippen LogP contribution in [0.25, 0.3) is 0 Å². The molecule has 0 spiro atoms. The summed E-state index contributed by atoms with van der Waals surface area (Å²) in [7, 11) is 3.30. The number of nitrogens with one attached hydrogen (secondary N) is 1. The molecule has 0 aromatic heterocycles. The number of rotatable bonds is 8. The maximum atomic E-state index is 11.8. The number of methoxy groups -OCH3 is 2. The second-order valence-corrected chi connectivity index (χ2v) is 5.54. The van der Waals surface area contributed by atoms with Gasteiger partial charge in [-0.05, 0) is 37.6 Å². The standard InChI is InChI=1S/C17H25NO4/c1-12(19)14-7-8-18-17(14)13-5-6-15(21-3)16(11-13)22-10-4-9-20-2/h5-6,11,14,17-18H,4,7-10H2,1-3H3. The van der Waals surface area contributed by atoms with Gasteiger partial charge in [-0.2, -0.15) is 0 Å². The average Bonchev–Trinajstić information content (AvgIpc) is 3.01. The molecule has 1 heterocycles. The van der Waals surface area contributed by atoms with Gasteiger partial charge in [0.1, 0.15) is 5.78 Å². The fourth-order valence-corrected chi connectivity index (χ4v) is 2.88. The van der Waals surface area contributed by atoms with Gasteiger partial charge in [-0.15, -0.1) is 0 Å². The third-order valence-electron chi connectivity index (χ3n) is 4.04. The van der Waals surface area contributed by atoms with Crippen molar-refractivity contribution in [3.05, 3.63) is 23.8 Å². The Labute approximate surface area is 131 Å². The lowest BCUT2D eigenvalue weighted by atomic mass is 9.91. The van der Waals surface area contributed by atoms with Crippen LogP contribution in [0.1, 0.15) is 31.4 Å². The molecule has 1 N–H and O–H groups in total. The third-order valence-corrected chi connectivity index (χ3v) is 4.04. The van der Waals surface area contributed by atoms with Gasteiger partial charge in [0.2, 0.25) is 0 Å². The summed E-state index contributed by atoms with van der Waals surface area (Å²) in [6.45, 7) is 3.77. The first-order chi connectivity index (χ1) is 10.7. The second kappa shape index (κ2) is 8.15. The summed E-state index contributed by atoms with van der Waals surface area (Å²) in [5.41, 5.74) is 1.07. The Bertz CT molecular complexity index is 503. The van der Waals surface area contributed by atoms with Crippen LogP contribution in [0.2, 0.25) is 0 Å². The zero-order valence-electron chi connectivity index (χ0n) is 13.6. The summed E-state index contributed by atoms with van der Waals surface area (Å²) in [5, 5.41) is 3.41. The van der Waals surface area contributed by atoms with E-state index < -0.39 is 0 Å². The highest BCUT2D eigenvalue weighted by atomic mass is 16.5. The topological polar surface area (TPSA) is 56.8 Å². The van der Waals surface area contributed by atoms with Crippen LogP contribution in [0, 0.1) is 5.92 Å². The van der Waals surface area contributed by atoms with E-state index in [0.29, 0.717) is 24.7 Å². The number of Topliss-reactive ketones (excluding diaryl/α,β-unsaturated/α-hetero) is 1. The Kier molecular flexibility index (Phi) is 6.21. The minimum absolute atomic E-state index is 0.0368. The summed E-state index contributed by atoms with van der Waals surface area (Å²) in [4.78, 5) is 11.8. The number of benzene rings is 1. The SMILES string of the molecule is COCCCOc1cc(C2NCCC2C(C)=O)ccc1OC. The van der Waals surface area contributed by atoms with Gasteiger partial charge < -0.3 is 19.5 Å². The Balaban J connectivity index is 2.13. The molecule has 5 heteroatoms. The molecule has 22 heavy (non-hydrogen) atoms. The van der Waals surface area contributed by atoms with Crippen molar-refractivity contribution in [2.24, 2.45) is 5.92 Å². The van der Waals surface area contributed by atoms with E-state index in [1.807, 2.05) is 18.2 Å². The maximum Gasteiger partial charge on any atom is 0.161 e. The van der Waals surface area contributed by atoms with Crippen LogP contribution < -0.4 is 14.8 Å². The molecule has 1 saturated heterocycles. The fourth-order valence-electron chi connectivity index (χ4n) is 2.88. The van der Waals surface area contributed by atoms with E-state index in [1.165, 1.54) is 0 Å². The highest BCUT2D eigenvalue weighted by Crippen LogP contribution is 2.35. The molecule has 1 aromatic carbocycles. The number of carbonyl (C=O) groups is 1. The van der Waals surface area contributed by atoms with E-state index in [0.717, 1.165) is 24.9 Å². The second-order valence-electron chi connectivity index (χ2n) is 5.54. The first-order valence-electron chi connectivity index (χ1n) is 7.71. The predicted octanol–water partition coefficient (Wildman–Crippen LogP) is 2.35. The molecule has 1 aromatic rings. The molecule has 0 aliphatic carbocycles. The molecule has 0 bridgehead atoms. The van der Waals surface area contributed by atoms with Crippen LogP contribution >= 0.6 is 0 Å². The van der Waals surface area contributed by atoms with E-state index >= 15 is 0 Å². The Morgan fingerprint density at radius 2 is 2.09 bits per heavy atom. The minimum atomic E-state index is 0.0368. The molecular formula is C17H25NO4. The van der Waals surface area contributed by atoms with E-state index in [4.69, 9.17) is 14.2 Å². The van der Waals surface area contributed by atoms with Crippen LogP contribution in [-0.4, -0.2) is 39.8 Å². The van der Waals surface area contributed by atoms with Gasteiger partial charge in [-0.1, -0.05) is 6.07 Å². The zero-order valence-corrected chi connectivity index (χ0v) is 13.6. The molecular weight excluding hydrogens is 282 g/mol. The Hall–Kier alpha value is -1.59. The van der Waals surface area contributed by atoms with Crippen molar-refractivity contribution in [3.8, 4) is 11.5 Å². The van der Waals surface area contributed by atoms with Gasteiger partial charge >= 0.3 is 0 Å². The quantitative estimate of drug-likeness (QED) is 0.747. The van der Waals surface area contributed by atoms with E-state index in [1.54, 1.807) is 21.1 Å². The van der Waals surface area contributed by atoms with Crippen LogP contribution in [-0.2, 0) is 9.53 Å². The lowest BCUT2D eigenvalue weighted by molar-refractivity contribution is -0.121. The lowest BCUT2D eigenvalue weighted by Crippen LogP contribution is -2.22. The smallest absolute Gasteiger partial charge is 0.161 e. The van der Waals surface area contributed by atoms with Crippen LogP contribution in [0.15, 0.2) is 18.2 Å². The van der Waals surface area contributed by atoms with Crippen molar-refractivity contribution >= 4 is 5.78 Å². The van der Waals surface area contributed by atoms with E-state index in [2.05, 4.69) is 5.32 Å². The summed E-state index contributed by atoms with van der Waals surface area (Å²) in [6.07, 6.45) is 1.71. The maximum absolute atomic E-state index is 11.8. The van der Waals surface area contributed by atoms with Gasteiger partial charge in [0, 0.05) is 32.1 Å². The van der Waals surface area contributed by atoms with Crippen molar-refractivity contribution < 1.29 is 19.0 Å². The van der Waals surface area contributed by atoms with Crippen LogP contribution in [0.4, 0.5) is 0 Å². The van der Waals surface area contributed by atoms with E-state index in [-0.39, 0.29) is 17.7 Å². The molecule has 0 amide bonds. The molecule has 2 rings (SSSR count). The van der Waals surface area contributed by atoms with Crippen LogP contribution in [0.5, 0.6) is 11.5 Å². The van der Waals surface area contributed by atoms with Gasteiger partial charge in [-0.25, -0.2) is 0 Å². The highest BCUT2D eigenvalue weighted by molar-refractivity contribution is 5.79. The monoisotopic (exact) mass is 307 g/mol. The fraction of sp³-hybridized carbons (Fsp3) is 0.588. The van der Waals surface area contributed by atoms with Gasteiger partial charge in [0.05, 0.1) is 13.7 Å². The first kappa shape index (κ1) is 16.8. The highest BCUT2D eigenvalue weighted by Gasteiger charge is 2.31. The number of carbonyl (C=O) groups excluding carboxylic acids is 1. The normalized spacial score (nSPS) is 20.9. The summed E-state index contributed by atoms with van der Waals surface area (Å²) < 4.78 is 16.2. The zero-order chi connectivity index (χ0) is 15.9. The first-order valence-corrected chi connectivity index (χ1v) is 7.71. The van der Waals surface area contributed by atoms with Crippen molar-refractivity contribution in [1.29, 1.82) is 0 Å². The van der Waals surface area contributed by atoms with Gasteiger partial charge in [0.15, 0.2) is 11.5 Å². The van der Waals surface area contributed by atoms with E-state index in [9.17, 15) is 4.79 Å². The summed E-state index contributed by atoms with van der Waals surface area (Å²) in [6, 6.07) is 5.94. The molecule has 2 atom stereocenters. The number of ketones is 1. The van der Waals surface area contributed by atoms with Crippen molar-refractivity contribution in [1.82, 2.24) is 5.32 Å². The minimum Gasteiger partial charge on any atom is -0.493 e. The molecule has 122 valence electrons. The lowest BCUT2D eigenvalue weighted by Gasteiger charge is -2.19. The van der Waals surface area contributed by atoms with Crippen molar-refractivity contribution in [3.63, 3.8) is 0 Å². The largest absolute Gasteiger partial charge is 0.493 e. The number of ether oxygens (including phenoxy) is 3. The van der Waals surface area contributed by atoms with Gasteiger partial charge in [-0.3, -0.25) is 4.79 Å². The Morgan fingerprint density at radius 3 is 2.77 bits per heavy atom. The molecule has 5 nitrogen and oxygen atoms in total. The Morgan fingerprint density at radius 1 is 1.27 bits per heavy atom. The van der Waals surface area contributed by atoms with Crippen molar-refractivity contribution in [2.45, 2.75) is 25.8 Å². The molecule has 1 fully saturated rings. The molecule has 0 radical (unpaired) electrons. The third kappa shape index (κ3) is 3.99.